The Hall–Kier alpha value is -2.96. The molecule has 0 saturated carbocycles. The average molecular weight is 412 g/mol. The number of ketones is 1. The Morgan fingerprint density at radius 3 is 2.90 bits per heavy atom. The molecule has 1 aliphatic carbocycles. The zero-order valence-corrected chi connectivity index (χ0v) is 17.0. The first-order chi connectivity index (χ1) is 14.6. The zero-order chi connectivity index (χ0) is 21.1. The maximum atomic E-state index is 14.4. The molecule has 0 N–H and O–H groups in total. The topological polar surface area (TPSA) is 68.7 Å². The highest BCUT2D eigenvalue weighted by molar-refractivity contribution is 6.04. The number of hydrogen-bond donors (Lipinski definition) is 0. The van der Waals surface area contributed by atoms with Gasteiger partial charge in [-0.05, 0) is 36.6 Å². The van der Waals surface area contributed by atoms with Gasteiger partial charge in [0.1, 0.15) is 11.6 Å². The number of fused-ring (bicyclic) bond motifs is 1. The van der Waals surface area contributed by atoms with Crippen molar-refractivity contribution in [3.63, 3.8) is 0 Å². The minimum atomic E-state index is -0.674. The molecule has 4 rings (SSSR count). The molecule has 0 spiro atoms. The molecular formula is C23H25FN2O4. The van der Waals surface area contributed by atoms with Gasteiger partial charge in [0.15, 0.2) is 11.9 Å². The fourth-order valence-electron chi connectivity index (χ4n) is 3.91. The monoisotopic (exact) mass is 412 g/mol. The van der Waals surface area contributed by atoms with Crippen LogP contribution in [0.3, 0.4) is 0 Å². The van der Waals surface area contributed by atoms with Crippen molar-refractivity contribution < 1.29 is 23.5 Å². The maximum Gasteiger partial charge on any atom is 0.268 e. The molecule has 30 heavy (non-hydrogen) atoms. The van der Waals surface area contributed by atoms with Gasteiger partial charge in [0.25, 0.3) is 5.91 Å². The summed E-state index contributed by atoms with van der Waals surface area (Å²) in [6.07, 6.45) is 5.29. The van der Waals surface area contributed by atoms with E-state index in [1.165, 1.54) is 11.0 Å². The van der Waals surface area contributed by atoms with Crippen LogP contribution in [0.1, 0.15) is 54.9 Å². The molecule has 2 aliphatic rings. The largest absolute Gasteiger partial charge is 0.480 e. The second kappa shape index (κ2) is 8.81. The van der Waals surface area contributed by atoms with Crippen LogP contribution >= 0.6 is 0 Å². The molecule has 0 radical (unpaired) electrons. The van der Waals surface area contributed by atoms with Crippen molar-refractivity contribution in [3.8, 4) is 11.6 Å². The second-order valence-electron chi connectivity index (χ2n) is 7.65. The molecule has 1 aromatic carbocycles. The lowest BCUT2D eigenvalue weighted by Gasteiger charge is -2.18. The summed E-state index contributed by atoms with van der Waals surface area (Å²) in [5.41, 5.74) is 1.25. The molecule has 0 unspecified atom stereocenters. The molecular weight excluding hydrogens is 387 g/mol. The van der Waals surface area contributed by atoms with Crippen LogP contribution in [0.5, 0.6) is 11.6 Å². The molecule has 1 aromatic heterocycles. The lowest BCUT2D eigenvalue weighted by Crippen LogP contribution is -2.32. The second-order valence-corrected chi connectivity index (χ2v) is 7.65. The summed E-state index contributed by atoms with van der Waals surface area (Å²) < 4.78 is 25.9. The molecule has 2 aromatic rings. The number of anilines is 1. The van der Waals surface area contributed by atoms with Gasteiger partial charge < -0.3 is 14.4 Å². The molecule has 0 bridgehead atoms. The van der Waals surface area contributed by atoms with Gasteiger partial charge in [-0.2, -0.15) is 0 Å². The normalized spacial score (nSPS) is 18.1. The van der Waals surface area contributed by atoms with Crippen molar-refractivity contribution in [2.45, 2.75) is 51.6 Å². The highest BCUT2D eigenvalue weighted by atomic mass is 19.1. The number of unbranched alkanes of at least 4 members (excludes halogenated alkanes) is 2. The number of carbonyl (C=O) groups is 2. The summed E-state index contributed by atoms with van der Waals surface area (Å²) in [4.78, 5) is 30.5. The van der Waals surface area contributed by atoms with Gasteiger partial charge in [0, 0.05) is 42.9 Å². The summed E-state index contributed by atoms with van der Waals surface area (Å²) in [5.74, 6) is 0.219. The van der Waals surface area contributed by atoms with E-state index in [0.717, 1.165) is 19.3 Å². The third-order valence-electron chi connectivity index (χ3n) is 5.53. The maximum absolute atomic E-state index is 14.4. The van der Waals surface area contributed by atoms with Gasteiger partial charge in [0.05, 0.1) is 6.61 Å². The summed E-state index contributed by atoms with van der Waals surface area (Å²) in [6, 6.07) is 6.33. The Labute approximate surface area is 175 Å². The standard InChI is InChI=1S/C23H25FN2O4/c1-2-3-4-11-29-22-14-16(7-9-25-22)30-21-8-10-26(23(21)28)15-12-18-17(19(24)13-15)5-6-20(18)27/h7,9,12-14,21H,2-6,8,10-11H2,1H3/t21-/m1/s1. The van der Waals surface area contributed by atoms with Crippen LogP contribution in [-0.4, -0.2) is 35.9 Å². The molecule has 6 nitrogen and oxygen atoms in total. The van der Waals surface area contributed by atoms with E-state index in [0.29, 0.717) is 60.9 Å². The number of halogens is 1. The smallest absolute Gasteiger partial charge is 0.268 e. The number of benzene rings is 1. The Balaban J connectivity index is 1.43. The molecule has 158 valence electrons. The quantitative estimate of drug-likeness (QED) is 0.611. The summed E-state index contributed by atoms with van der Waals surface area (Å²) >= 11 is 0. The summed E-state index contributed by atoms with van der Waals surface area (Å²) in [7, 11) is 0. The molecule has 1 saturated heterocycles. The summed E-state index contributed by atoms with van der Waals surface area (Å²) in [6.45, 7) is 3.12. The van der Waals surface area contributed by atoms with Crippen molar-refractivity contribution in [1.29, 1.82) is 0 Å². The third-order valence-corrected chi connectivity index (χ3v) is 5.53. The first kappa shape index (κ1) is 20.3. The van der Waals surface area contributed by atoms with Crippen LogP contribution in [0.2, 0.25) is 0 Å². The van der Waals surface area contributed by atoms with Crippen molar-refractivity contribution in [1.82, 2.24) is 4.98 Å². The number of rotatable bonds is 8. The van der Waals surface area contributed by atoms with Crippen molar-refractivity contribution in [2.24, 2.45) is 0 Å². The molecule has 1 aliphatic heterocycles. The number of amides is 1. The lowest BCUT2D eigenvalue weighted by atomic mass is 10.1. The van der Waals surface area contributed by atoms with Crippen LogP contribution in [0.4, 0.5) is 10.1 Å². The van der Waals surface area contributed by atoms with Crippen LogP contribution in [0, 0.1) is 5.82 Å². The van der Waals surface area contributed by atoms with Crippen LogP contribution in [0.25, 0.3) is 0 Å². The van der Waals surface area contributed by atoms with E-state index in [1.807, 2.05) is 0 Å². The van der Waals surface area contributed by atoms with Crippen LogP contribution < -0.4 is 14.4 Å². The first-order valence-corrected chi connectivity index (χ1v) is 10.5. The van der Waals surface area contributed by atoms with Crippen molar-refractivity contribution in [3.05, 3.63) is 47.4 Å². The number of nitrogens with zero attached hydrogens (tertiary/aromatic N) is 2. The van der Waals surface area contributed by atoms with E-state index in [9.17, 15) is 14.0 Å². The number of Topliss-reactive ketones (excluding diaryl/α,β-unsaturated/α-hetero) is 1. The SMILES string of the molecule is CCCCCOc1cc(O[C@@H]2CCN(c3cc(F)c4c(c3)C(=O)CC4)C2=O)ccn1. The minimum absolute atomic E-state index is 0.0755. The number of hydrogen-bond acceptors (Lipinski definition) is 5. The van der Waals surface area contributed by atoms with E-state index in [1.54, 1.807) is 24.4 Å². The Morgan fingerprint density at radius 1 is 1.20 bits per heavy atom. The van der Waals surface area contributed by atoms with Crippen molar-refractivity contribution >= 4 is 17.4 Å². The average Bonchev–Trinajstić information content (AvgIpc) is 3.29. The highest BCUT2D eigenvalue weighted by Gasteiger charge is 2.36. The van der Waals surface area contributed by atoms with Gasteiger partial charge in [-0.1, -0.05) is 19.8 Å². The fourth-order valence-corrected chi connectivity index (χ4v) is 3.91. The number of ether oxygens (including phenoxy) is 2. The number of aromatic nitrogens is 1. The lowest BCUT2D eigenvalue weighted by molar-refractivity contribution is -0.122. The molecule has 7 heteroatoms. The van der Waals surface area contributed by atoms with Gasteiger partial charge in [-0.25, -0.2) is 9.37 Å². The van der Waals surface area contributed by atoms with Crippen molar-refractivity contribution in [2.75, 3.05) is 18.1 Å². The van der Waals surface area contributed by atoms with E-state index >= 15 is 0 Å². The van der Waals surface area contributed by atoms with Crippen LogP contribution in [-0.2, 0) is 11.2 Å². The number of carbonyl (C=O) groups excluding carboxylic acids is 2. The predicted octanol–water partition coefficient (Wildman–Crippen LogP) is 4.10. The molecule has 1 fully saturated rings. The molecule has 2 heterocycles. The molecule has 1 atom stereocenters. The van der Waals surface area contributed by atoms with E-state index in [2.05, 4.69) is 11.9 Å². The van der Waals surface area contributed by atoms with Gasteiger partial charge in [-0.3, -0.25) is 9.59 Å². The van der Waals surface area contributed by atoms with E-state index < -0.39 is 11.9 Å². The van der Waals surface area contributed by atoms with Gasteiger partial charge in [-0.15, -0.1) is 0 Å². The summed E-state index contributed by atoms with van der Waals surface area (Å²) in [5, 5.41) is 0. The van der Waals surface area contributed by atoms with Crippen LogP contribution in [0.15, 0.2) is 30.5 Å². The zero-order valence-electron chi connectivity index (χ0n) is 17.0. The first-order valence-electron chi connectivity index (χ1n) is 10.5. The minimum Gasteiger partial charge on any atom is -0.480 e. The number of pyridine rings is 1. The molecule has 1 amide bonds. The fraction of sp³-hybridized carbons (Fsp3) is 0.435. The van der Waals surface area contributed by atoms with E-state index in [-0.39, 0.29) is 11.7 Å². The third kappa shape index (κ3) is 4.15. The Kier molecular flexibility index (Phi) is 5.97. The Bertz CT molecular complexity index is 962. The van der Waals surface area contributed by atoms with Gasteiger partial charge in [0.2, 0.25) is 5.88 Å². The van der Waals surface area contributed by atoms with E-state index in [4.69, 9.17) is 9.47 Å². The Morgan fingerprint density at radius 2 is 2.07 bits per heavy atom. The predicted molar refractivity (Wildman–Crippen MR) is 110 cm³/mol. The van der Waals surface area contributed by atoms with Gasteiger partial charge >= 0.3 is 0 Å². The highest BCUT2D eigenvalue weighted by Crippen LogP contribution is 2.32.